The first-order valence-electron chi connectivity index (χ1n) is 9.34. The smallest absolute Gasteiger partial charge is 0.254 e. The van der Waals surface area contributed by atoms with Gasteiger partial charge in [0.25, 0.3) is 5.91 Å². The van der Waals surface area contributed by atoms with Crippen LogP contribution in [0, 0.1) is 13.8 Å². The van der Waals surface area contributed by atoms with Crippen LogP contribution in [-0.4, -0.2) is 40.0 Å². The number of hydrogen-bond donors (Lipinski definition) is 0. The second-order valence-electron chi connectivity index (χ2n) is 7.01. The minimum absolute atomic E-state index is 0.0144. The molecule has 1 aliphatic rings. The van der Waals surface area contributed by atoms with Gasteiger partial charge in [-0.3, -0.25) is 4.79 Å². The lowest BCUT2D eigenvalue weighted by Crippen LogP contribution is -2.56. The molecule has 1 saturated heterocycles. The molecule has 4 rings (SSSR count). The number of likely N-dealkylation sites (tertiary alicyclic amines) is 1. The van der Waals surface area contributed by atoms with Crippen molar-refractivity contribution in [3.05, 3.63) is 65.0 Å². The molecule has 5 nitrogen and oxygen atoms in total. The molecule has 3 aromatic rings. The molecule has 2 heterocycles. The fourth-order valence-electron chi connectivity index (χ4n) is 3.32. The number of nitrogens with zero attached hydrogens (tertiary/aromatic N) is 3. The van der Waals surface area contributed by atoms with Crippen LogP contribution in [0.1, 0.15) is 34.2 Å². The highest BCUT2D eigenvalue weighted by molar-refractivity contribution is 5.97. The van der Waals surface area contributed by atoms with Gasteiger partial charge in [-0.15, -0.1) is 0 Å². The zero-order valence-corrected chi connectivity index (χ0v) is 15.9. The molecule has 2 aromatic carbocycles. The summed E-state index contributed by atoms with van der Waals surface area (Å²) < 4.78 is 6.07. The summed E-state index contributed by atoms with van der Waals surface area (Å²) in [6, 6.07) is 13.6. The fraction of sp³-hybridized carbons (Fsp3) is 0.318. The molecule has 0 aliphatic carbocycles. The SMILES string of the molecule is CCc1ccccc1OC1CN(C(=O)c2ccc3nc(C)c(C)nc3c2)C1. The molecule has 27 heavy (non-hydrogen) atoms. The third kappa shape index (κ3) is 3.37. The van der Waals surface area contributed by atoms with Crippen LogP contribution in [-0.2, 0) is 6.42 Å². The topological polar surface area (TPSA) is 55.3 Å². The van der Waals surface area contributed by atoms with Crippen LogP contribution in [0.15, 0.2) is 42.5 Å². The maximum atomic E-state index is 12.8. The number of ether oxygens (including phenoxy) is 1. The summed E-state index contributed by atoms with van der Waals surface area (Å²) in [7, 11) is 0. The largest absolute Gasteiger partial charge is 0.486 e. The third-order valence-electron chi connectivity index (χ3n) is 5.10. The molecule has 0 bridgehead atoms. The first-order valence-corrected chi connectivity index (χ1v) is 9.34. The molecule has 1 fully saturated rings. The molecular formula is C22H23N3O2. The molecule has 0 radical (unpaired) electrons. The summed E-state index contributed by atoms with van der Waals surface area (Å²) in [4.78, 5) is 23.7. The van der Waals surface area contributed by atoms with Gasteiger partial charge in [0.1, 0.15) is 11.9 Å². The van der Waals surface area contributed by atoms with Crippen LogP contribution < -0.4 is 4.74 Å². The van der Waals surface area contributed by atoms with E-state index in [9.17, 15) is 4.79 Å². The summed E-state index contributed by atoms with van der Waals surface area (Å²) in [5, 5.41) is 0. The molecule has 0 spiro atoms. The van der Waals surface area contributed by atoms with Crippen LogP contribution in [0.3, 0.4) is 0 Å². The van der Waals surface area contributed by atoms with Crippen molar-refractivity contribution in [1.82, 2.24) is 14.9 Å². The van der Waals surface area contributed by atoms with Crippen molar-refractivity contribution >= 4 is 16.9 Å². The number of benzene rings is 2. The van der Waals surface area contributed by atoms with Gasteiger partial charge in [-0.2, -0.15) is 0 Å². The highest BCUT2D eigenvalue weighted by atomic mass is 16.5. The van der Waals surface area contributed by atoms with Gasteiger partial charge in [0, 0.05) is 5.56 Å². The number of aromatic nitrogens is 2. The second-order valence-corrected chi connectivity index (χ2v) is 7.01. The maximum absolute atomic E-state index is 12.8. The Morgan fingerprint density at radius 3 is 2.52 bits per heavy atom. The summed E-state index contributed by atoms with van der Waals surface area (Å²) >= 11 is 0. The van der Waals surface area contributed by atoms with Crippen molar-refractivity contribution < 1.29 is 9.53 Å². The summed E-state index contributed by atoms with van der Waals surface area (Å²) in [5.74, 6) is 0.935. The fourth-order valence-corrected chi connectivity index (χ4v) is 3.32. The van der Waals surface area contributed by atoms with Crippen molar-refractivity contribution in [3.63, 3.8) is 0 Å². The monoisotopic (exact) mass is 361 g/mol. The summed E-state index contributed by atoms with van der Waals surface area (Å²) in [6.45, 7) is 7.20. The first-order chi connectivity index (χ1) is 13.0. The highest BCUT2D eigenvalue weighted by Crippen LogP contribution is 2.24. The number of amides is 1. The zero-order chi connectivity index (χ0) is 19.0. The molecule has 0 unspecified atom stereocenters. The average molecular weight is 361 g/mol. The number of aryl methyl sites for hydroxylation is 3. The van der Waals surface area contributed by atoms with Crippen molar-refractivity contribution in [2.24, 2.45) is 0 Å². The Morgan fingerprint density at radius 2 is 1.78 bits per heavy atom. The van der Waals surface area contributed by atoms with E-state index in [2.05, 4.69) is 23.0 Å². The summed E-state index contributed by atoms with van der Waals surface area (Å²) in [5.41, 5.74) is 5.22. The number of carbonyl (C=O) groups excluding carboxylic acids is 1. The standard InChI is InChI=1S/C22H23N3O2/c1-4-16-7-5-6-8-21(16)27-18-12-25(13-18)22(26)17-9-10-19-20(11-17)24-15(3)14(2)23-19/h5-11,18H,4,12-13H2,1-3H3. The maximum Gasteiger partial charge on any atom is 0.254 e. The van der Waals surface area contributed by atoms with E-state index in [1.54, 1.807) is 0 Å². The predicted molar refractivity (Wildman–Crippen MR) is 105 cm³/mol. The van der Waals surface area contributed by atoms with E-state index in [-0.39, 0.29) is 12.0 Å². The average Bonchev–Trinajstić information content (AvgIpc) is 2.64. The van der Waals surface area contributed by atoms with Crippen LogP contribution in [0.4, 0.5) is 0 Å². The van der Waals surface area contributed by atoms with Crippen LogP contribution in [0.25, 0.3) is 11.0 Å². The Bertz CT molecular complexity index is 1010. The number of rotatable bonds is 4. The number of hydrogen-bond acceptors (Lipinski definition) is 4. The molecule has 1 aliphatic heterocycles. The van der Waals surface area contributed by atoms with Gasteiger partial charge in [0.15, 0.2) is 0 Å². The lowest BCUT2D eigenvalue weighted by Gasteiger charge is -2.39. The summed E-state index contributed by atoms with van der Waals surface area (Å²) in [6.07, 6.45) is 0.981. The molecule has 0 atom stereocenters. The van der Waals surface area contributed by atoms with Gasteiger partial charge in [-0.05, 0) is 50.1 Å². The Kier molecular flexibility index (Phi) is 4.52. The Balaban J connectivity index is 1.44. The molecule has 0 N–H and O–H groups in total. The van der Waals surface area contributed by atoms with E-state index >= 15 is 0 Å². The molecule has 1 amide bonds. The van der Waals surface area contributed by atoms with E-state index in [1.807, 2.05) is 55.1 Å². The number of carbonyl (C=O) groups is 1. The Hall–Kier alpha value is -2.95. The van der Waals surface area contributed by atoms with Crippen LogP contribution in [0.5, 0.6) is 5.75 Å². The van der Waals surface area contributed by atoms with Crippen molar-refractivity contribution in [1.29, 1.82) is 0 Å². The second kappa shape index (κ2) is 6.99. The van der Waals surface area contributed by atoms with E-state index in [0.29, 0.717) is 18.7 Å². The van der Waals surface area contributed by atoms with E-state index in [0.717, 1.165) is 34.6 Å². The van der Waals surface area contributed by atoms with Crippen LogP contribution >= 0.6 is 0 Å². The minimum Gasteiger partial charge on any atom is -0.486 e. The van der Waals surface area contributed by atoms with Crippen molar-refractivity contribution in [3.8, 4) is 5.75 Å². The first kappa shape index (κ1) is 17.5. The van der Waals surface area contributed by atoms with Gasteiger partial charge in [-0.1, -0.05) is 25.1 Å². The Morgan fingerprint density at radius 1 is 1.07 bits per heavy atom. The van der Waals surface area contributed by atoms with Gasteiger partial charge < -0.3 is 9.64 Å². The molecule has 0 saturated carbocycles. The van der Waals surface area contributed by atoms with Gasteiger partial charge in [-0.25, -0.2) is 9.97 Å². The van der Waals surface area contributed by atoms with E-state index in [1.165, 1.54) is 5.56 Å². The van der Waals surface area contributed by atoms with Gasteiger partial charge in [0.05, 0.1) is 35.5 Å². The number of para-hydroxylation sites is 1. The van der Waals surface area contributed by atoms with Gasteiger partial charge >= 0.3 is 0 Å². The normalized spacial score (nSPS) is 14.3. The van der Waals surface area contributed by atoms with Gasteiger partial charge in [0.2, 0.25) is 0 Å². The van der Waals surface area contributed by atoms with Crippen LogP contribution in [0.2, 0.25) is 0 Å². The third-order valence-corrected chi connectivity index (χ3v) is 5.10. The highest BCUT2D eigenvalue weighted by Gasteiger charge is 2.33. The minimum atomic E-state index is 0.0144. The van der Waals surface area contributed by atoms with E-state index < -0.39 is 0 Å². The molecule has 5 heteroatoms. The lowest BCUT2D eigenvalue weighted by atomic mass is 10.1. The molecular weight excluding hydrogens is 338 g/mol. The Labute approximate surface area is 159 Å². The molecule has 138 valence electrons. The number of fused-ring (bicyclic) bond motifs is 1. The van der Waals surface area contributed by atoms with Crippen molar-refractivity contribution in [2.45, 2.75) is 33.3 Å². The zero-order valence-electron chi connectivity index (χ0n) is 15.9. The van der Waals surface area contributed by atoms with E-state index in [4.69, 9.17) is 4.74 Å². The lowest BCUT2D eigenvalue weighted by molar-refractivity contribution is 0.0175. The molecule has 1 aromatic heterocycles. The van der Waals surface area contributed by atoms with Crippen molar-refractivity contribution in [2.75, 3.05) is 13.1 Å². The quantitative estimate of drug-likeness (QED) is 0.711. The predicted octanol–water partition coefficient (Wildman–Crippen LogP) is 3.71.